The molecule has 0 bridgehead atoms. The number of aliphatic hydroxyl groups is 1. The summed E-state index contributed by atoms with van der Waals surface area (Å²) >= 11 is 2.54. The molecule has 10 heteroatoms. The summed E-state index contributed by atoms with van der Waals surface area (Å²) in [6, 6.07) is 8.11. The number of aliphatic hydroxyl groups excluding tert-OH is 1. The van der Waals surface area contributed by atoms with Gasteiger partial charge in [-0.1, -0.05) is 11.3 Å². The number of carbonyl (C=O) groups excluding carboxylic acids is 2. The van der Waals surface area contributed by atoms with Crippen molar-refractivity contribution in [2.75, 3.05) is 11.5 Å². The smallest absolute Gasteiger partial charge is 0.296 e. The molecule has 1 unspecified atom stereocenters. The summed E-state index contributed by atoms with van der Waals surface area (Å²) < 4.78 is 6.41. The number of pyridine rings is 1. The Hall–Kier alpha value is -3.63. The Morgan fingerprint density at radius 3 is 2.59 bits per heavy atom. The first-order valence-electron chi connectivity index (χ1n) is 10.6. The van der Waals surface area contributed by atoms with Crippen LogP contribution in [0.1, 0.15) is 38.9 Å². The maximum atomic E-state index is 13.6. The molecule has 172 valence electrons. The Kier molecular flexibility index (Phi) is 5.62. The van der Waals surface area contributed by atoms with Crippen molar-refractivity contribution in [2.24, 2.45) is 0 Å². The molecule has 34 heavy (non-hydrogen) atoms. The van der Waals surface area contributed by atoms with Crippen LogP contribution in [0.5, 0.6) is 5.75 Å². The van der Waals surface area contributed by atoms with E-state index in [1.807, 2.05) is 32.0 Å². The number of thiazole rings is 2. The summed E-state index contributed by atoms with van der Waals surface area (Å²) in [4.78, 5) is 41.8. The third kappa shape index (κ3) is 3.64. The zero-order valence-corrected chi connectivity index (χ0v) is 20.2. The van der Waals surface area contributed by atoms with Gasteiger partial charge in [0, 0.05) is 12.4 Å². The number of aryl methyl sites for hydroxylation is 2. The molecular formula is C24H20N4O4S2. The van der Waals surface area contributed by atoms with Gasteiger partial charge in [-0.25, -0.2) is 9.97 Å². The standard InChI is InChI=1S/C24H20N4O4S2/c1-4-32-15-5-6-16-17(11-15)34-24(27-16)28-19(14-7-9-25-10-8-14)18(21(30)23(28)31)20(29)22-12(2)26-13(3)33-22/h5-11,19,30H,4H2,1-3H3. The lowest BCUT2D eigenvalue weighted by Crippen LogP contribution is -2.31. The Bertz CT molecular complexity index is 1460. The topological polar surface area (TPSA) is 106 Å². The van der Waals surface area contributed by atoms with Crippen molar-refractivity contribution in [2.45, 2.75) is 26.8 Å². The molecule has 3 aromatic heterocycles. The minimum Gasteiger partial charge on any atom is -0.503 e. The second-order valence-electron chi connectivity index (χ2n) is 7.66. The Balaban J connectivity index is 1.64. The maximum Gasteiger partial charge on any atom is 0.296 e. The lowest BCUT2D eigenvalue weighted by atomic mass is 9.96. The number of hydrogen-bond acceptors (Lipinski definition) is 9. The van der Waals surface area contributed by atoms with Crippen molar-refractivity contribution >= 4 is 49.7 Å². The van der Waals surface area contributed by atoms with Crippen molar-refractivity contribution in [1.82, 2.24) is 15.0 Å². The molecule has 0 spiro atoms. The number of anilines is 1. The normalized spacial score (nSPS) is 16.0. The van der Waals surface area contributed by atoms with Gasteiger partial charge in [0.05, 0.1) is 44.0 Å². The van der Waals surface area contributed by atoms with E-state index < -0.39 is 23.5 Å². The molecule has 0 saturated heterocycles. The molecular weight excluding hydrogens is 472 g/mol. The number of ketones is 1. The number of carbonyl (C=O) groups is 2. The van der Waals surface area contributed by atoms with Crippen LogP contribution in [0.15, 0.2) is 54.1 Å². The number of Topliss-reactive ketones (excluding diaryl/α,β-unsaturated/α-hetero) is 1. The van der Waals surface area contributed by atoms with E-state index >= 15 is 0 Å². The highest BCUT2D eigenvalue weighted by molar-refractivity contribution is 7.22. The van der Waals surface area contributed by atoms with Crippen LogP contribution in [0.25, 0.3) is 10.2 Å². The Morgan fingerprint density at radius 2 is 1.91 bits per heavy atom. The van der Waals surface area contributed by atoms with Gasteiger partial charge >= 0.3 is 0 Å². The first kappa shape index (κ1) is 22.2. The van der Waals surface area contributed by atoms with Crippen LogP contribution in [0.2, 0.25) is 0 Å². The number of rotatable bonds is 6. The number of aromatic nitrogens is 3. The number of fused-ring (bicyclic) bond motifs is 1. The third-order valence-electron chi connectivity index (χ3n) is 5.45. The molecule has 0 fully saturated rings. The van der Waals surface area contributed by atoms with Crippen molar-refractivity contribution in [3.05, 3.63) is 75.2 Å². The molecule has 1 aliphatic heterocycles. The van der Waals surface area contributed by atoms with Gasteiger partial charge in [-0.2, -0.15) is 0 Å². The predicted molar refractivity (Wildman–Crippen MR) is 131 cm³/mol. The van der Waals surface area contributed by atoms with Gasteiger partial charge in [0.25, 0.3) is 5.91 Å². The number of ether oxygens (including phenoxy) is 1. The van der Waals surface area contributed by atoms with E-state index in [9.17, 15) is 14.7 Å². The fourth-order valence-electron chi connectivity index (χ4n) is 4.01. The molecule has 5 rings (SSSR count). The van der Waals surface area contributed by atoms with E-state index in [-0.39, 0.29) is 5.57 Å². The third-order valence-corrected chi connectivity index (χ3v) is 7.54. The van der Waals surface area contributed by atoms with Gasteiger partial charge in [-0.3, -0.25) is 19.5 Å². The molecule has 4 aromatic rings. The SMILES string of the molecule is CCOc1ccc2nc(N3C(=O)C(O)=C(C(=O)c4sc(C)nc4C)C3c3ccncc3)sc2c1. The number of nitrogens with zero attached hydrogens (tertiary/aromatic N) is 4. The lowest BCUT2D eigenvalue weighted by Gasteiger charge is -2.24. The highest BCUT2D eigenvalue weighted by Crippen LogP contribution is 2.45. The summed E-state index contributed by atoms with van der Waals surface area (Å²) in [6.45, 7) is 6.00. The summed E-state index contributed by atoms with van der Waals surface area (Å²) in [6.07, 6.45) is 3.18. The zero-order chi connectivity index (χ0) is 24.0. The minimum absolute atomic E-state index is 0.0113. The average molecular weight is 493 g/mol. The summed E-state index contributed by atoms with van der Waals surface area (Å²) in [5, 5.41) is 12.0. The quantitative estimate of drug-likeness (QED) is 0.380. The van der Waals surface area contributed by atoms with E-state index in [1.54, 1.807) is 31.5 Å². The van der Waals surface area contributed by atoms with E-state index in [1.165, 1.54) is 27.6 Å². The fourth-order valence-corrected chi connectivity index (χ4v) is 5.91. The largest absolute Gasteiger partial charge is 0.503 e. The summed E-state index contributed by atoms with van der Waals surface area (Å²) in [5.74, 6) is -0.964. The van der Waals surface area contributed by atoms with Crippen LogP contribution < -0.4 is 9.64 Å². The van der Waals surface area contributed by atoms with Crippen molar-refractivity contribution in [3.63, 3.8) is 0 Å². The van der Waals surface area contributed by atoms with Crippen molar-refractivity contribution < 1.29 is 19.4 Å². The van der Waals surface area contributed by atoms with Gasteiger partial charge < -0.3 is 9.84 Å². The van der Waals surface area contributed by atoms with Gasteiger partial charge in [-0.05, 0) is 56.7 Å². The van der Waals surface area contributed by atoms with Crippen LogP contribution in [0, 0.1) is 13.8 Å². The Labute approximate surface area is 203 Å². The summed E-state index contributed by atoms with van der Waals surface area (Å²) in [5.41, 5.74) is 1.91. The Morgan fingerprint density at radius 1 is 1.15 bits per heavy atom. The first-order chi connectivity index (χ1) is 16.4. The van der Waals surface area contributed by atoms with Gasteiger partial charge in [0.1, 0.15) is 5.75 Å². The molecule has 1 atom stereocenters. The molecule has 1 amide bonds. The van der Waals surface area contributed by atoms with Crippen LogP contribution in [-0.4, -0.2) is 38.4 Å². The van der Waals surface area contributed by atoms with E-state index in [0.717, 1.165) is 9.71 Å². The number of benzene rings is 1. The number of hydrogen-bond donors (Lipinski definition) is 1. The number of amides is 1. The van der Waals surface area contributed by atoms with Crippen molar-refractivity contribution in [1.29, 1.82) is 0 Å². The van der Waals surface area contributed by atoms with Crippen LogP contribution in [-0.2, 0) is 4.79 Å². The van der Waals surface area contributed by atoms with Crippen LogP contribution in [0.3, 0.4) is 0 Å². The molecule has 0 saturated carbocycles. The second kappa shape index (κ2) is 8.62. The molecule has 4 heterocycles. The monoisotopic (exact) mass is 492 g/mol. The van der Waals surface area contributed by atoms with Crippen LogP contribution >= 0.6 is 22.7 Å². The van der Waals surface area contributed by atoms with Crippen LogP contribution in [0.4, 0.5) is 5.13 Å². The predicted octanol–water partition coefficient (Wildman–Crippen LogP) is 4.95. The molecule has 1 aliphatic rings. The van der Waals surface area contributed by atoms with E-state index in [2.05, 4.69) is 15.0 Å². The first-order valence-corrected chi connectivity index (χ1v) is 12.2. The maximum absolute atomic E-state index is 13.6. The average Bonchev–Trinajstić information content (AvgIpc) is 3.47. The summed E-state index contributed by atoms with van der Waals surface area (Å²) in [7, 11) is 0. The van der Waals surface area contributed by atoms with E-state index in [0.29, 0.717) is 39.1 Å². The highest BCUT2D eigenvalue weighted by Gasteiger charge is 2.46. The molecule has 1 N–H and O–H groups in total. The lowest BCUT2D eigenvalue weighted by molar-refractivity contribution is -0.117. The fraction of sp³-hybridized carbons (Fsp3) is 0.208. The molecule has 1 aromatic carbocycles. The molecule has 0 radical (unpaired) electrons. The highest BCUT2D eigenvalue weighted by atomic mass is 32.1. The zero-order valence-electron chi connectivity index (χ0n) is 18.6. The molecule has 0 aliphatic carbocycles. The van der Waals surface area contributed by atoms with Gasteiger partial charge in [-0.15, -0.1) is 11.3 Å². The minimum atomic E-state index is -0.850. The van der Waals surface area contributed by atoms with E-state index in [4.69, 9.17) is 4.74 Å². The molecule has 8 nitrogen and oxygen atoms in total. The van der Waals surface area contributed by atoms with Gasteiger partial charge in [0.2, 0.25) is 5.78 Å². The van der Waals surface area contributed by atoms with Crippen molar-refractivity contribution in [3.8, 4) is 5.75 Å². The van der Waals surface area contributed by atoms with Gasteiger partial charge in [0.15, 0.2) is 10.9 Å². The second-order valence-corrected chi connectivity index (χ2v) is 9.87.